The van der Waals surface area contributed by atoms with Crippen LogP contribution in [0.5, 0.6) is 0 Å². The lowest BCUT2D eigenvalue weighted by molar-refractivity contribution is -0.137. The van der Waals surface area contributed by atoms with Crippen LogP contribution >= 0.6 is 0 Å². The number of carbonyl (C=O) groups is 2. The summed E-state index contributed by atoms with van der Waals surface area (Å²) in [6.45, 7) is 1.94. The summed E-state index contributed by atoms with van der Waals surface area (Å²) in [7, 11) is 0. The van der Waals surface area contributed by atoms with E-state index in [0.29, 0.717) is 16.7 Å². The number of nitrogens with one attached hydrogen (secondary N) is 1. The first-order valence-corrected chi connectivity index (χ1v) is 8.33. The molecule has 2 aliphatic rings. The molecular weight excluding hydrogens is 355 g/mol. The van der Waals surface area contributed by atoms with Gasteiger partial charge in [0.1, 0.15) is 0 Å². The van der Waals surface area contributed by atoms with E-state index in [-0.39, 0.29) is 23.5 Å². The second-order valence-electron chi connectivity index (χ2n) is 6.60. The lowest BCUT2D eigenvalue weighted by Crippen LogP contribution is -2.17. The zero-order valence-electron chi connectivity index (χ0n) is 14.3. The highest BCUT2D eigenvalue weighted by molar-refractivity contribution is 6.31. The van der Waals surface area contributed by atoms with Crippen molar-refractivity contribution in [3.8, 4) is 0 Å². The normalized spacial score (nSPS) is 16.9. The number of aryl methyl sites for hydroxylation is 1. The maximum Gasteiger partial charge on any atom is 0.416 e. The molecule has 0 bridgehead atoms. The zero-order valence-corrected chi connectivity index (χ0v) is 14.3. The summed E-state index contributed by atoms with van der Waals surface area (Å²) >= 11 is 0. The molecule has 2 aromatic rings. The van der Waals surface area contributed by atoms with Crippen molar-refractivity contribution < 1.29 is 22.8 Å². The van der Waals surface area contributed by atoms with Gasteiger partial charge in [0.25, 0.3) is 5.91 Å². The van der Waals surface area contributed by atoms with Gasteiger partial charge in [-0.1, -0.05) is 42.0 Å². The molecule has 4 rings (SSSR count). The van der Waals surface area contributed by atoms with Crippen LogP contribution in [0.3, 0.4) is 0 Å². The van der Waals surface area contributed by atoms with Crippen LogP contribution in [0, 0.1) is 6.92 Å². The predicted molar refractivity (Wildman–Crippen MR) is 94.2 cm³/mol. The molecule has 0 atom stereocenters. The number of allylic oxidation sites excluding steroid dienone is 1. The lowest BCUT2D eigenvalue weighted by atomic mass is 10.00. The van der Waals surface area contributed by atoms with Crippen molar-refractivity contribution in [2.24, 2.45) is 0 Å². The molecule has 0 saturated carbocycles. The molecule has 27 heavy (non-hydrogen) atoms. The van der Waals surface area contributed by atoms with Crippen molar-refractivity contribution in [1.82, 2.24) is 5.32 Å². The average Bonchev–Trinajstić information content (AvgIpc) is 3.14. The molecule has 0 saturated heterocycles. The molecule has 0 fully saturated rings. The van der Waals surface area contributed by atoms with Crippen molar-refractivity contribution in [2.75, 3.05) is 0 Å². The minimum Gasteiger partial charge on any atom is -0.321 e. The molecule has 0 aromatic heterocycles. The fraction of sp³-hybridized carbons (Fsp3) is 0.143. The van der Waals surface area contributed by atoms with Gasteiger partial charge in [0.15, 0.2) is 5.78 Å². The fourth-order valence-electron chi connectivity index (χ4n) is 3.42. The second-order valence-corrected chi connectivity index (χ2v) is 6.60. The van der Waals surface area contributed by atoms with Gasteiger partial charge >= 0.3 is 6.18 Å². The summed E-state index contributed by atoms with van der Waals surface area (Å²) in [5.41, 5.74) is 2.95. The highest BCUT2D eigenvalue weighted by atomic mass is 19.4. The van der Waals surface area contributed by atoms with Crippen LogP contribution in [-0.4, -0.2) is 11.7 Å². The molecule has 0 radical (unpaired) electrons. The van der Waals surface area contributed by atoms with E-state index in [2.05, 4.69) is 5.32 Å². The standard InChI is InChI=1S/C21H14F3NO2/c1-11-2-4-12(5-3-11)15-10-16(26)18-17(15)20(27)25-19(18)13-6-8-14(9-7-13)21(22,23)24/h2-9H,10H2,1H3,(H,25,27). The zero-order chi connectivity index (χ0) is 19.3. The van der Waals surface area contributed by atoms with E-state index < -0.39 is 17.6 Å². The Bertz CT molecular complexity index is 1030. The van der Waals surface area contributed by atoms with Crippen LogP contribution in [0.4, 0.5) is 13.2 Å². The van der Waals surface area contributed by atoms with Gasteiger partial charge in [-0.25, -0.2) is 0 Å². The van der Waals surface area contributed by atoms with Gasteiger partial charge in [-0.15, -0.1) is 0 Å². The molecule has 0 unspecified atom stereocenters. The number of rotatable bonds is 2. The number of amides is 1. The van der Waals surface area contributed by atoms with E-state index >= 15 is 0 Å². The summed E-state index contributed by atoms with van der Waals surface area (Å²) in [6.07, 6.45) is -4.34. The van der Waals surface area contributed by atoms with Gasteiger partial charge in [0.05, 0.1) is 22.4 Å². The van der Waals surface area contributed by atoms with Crippen molar-refractivity contribution in [2.45, 2.75) is 19.5 Å². The highest BCUT2D eigenvalue weighted by Crippen LogP contribution is 2.42. The molecule has 1 aliphatic heterocycles. The third-order valence-electron chi connectivity index (χ3n) is 4.78. The first-order chi connectivity index (χ1) is 12.8. The second kappa shape index (κ2) is 5.94. The van der Waals surface area contributed by atoms with Gasteiger partial charge in [-0.2, -0.15) is 13.2 Å². The molecule has 1 N–H and O–H groups in total. The topological polar surface area (TPSA) is 46.2 Å². The Labute approximate surface area is 153 Å². The van der Waals surface area contributed by atoms with Crippen LogP contribution in [0.2, 0.25) is 0 Å². The number of carbonyl (C=O) groups excluding carboxylic acids is 2. The summed E-state index contributed by atoms with van der Waals surface area (Å²) in [6, 6.07) is 11.9. The Morgan fingerprint density at radius 2 is 1.44 bits per heavy atom. The maximum absolute atomic E-state index is 12.8. The van der Waals surface area contributed by atoms with Gasteiger partial charge in [0, 0.05) is 6.42 Å². The van der Waals surface area contributed by atoms with Crippen molar-refractivity contribution in [3.05, 3.63) is 81.9 Å². The molecule has 0 spiro atoms. The van der Waals surface area contributed by atoms with Crippen LogP contribution in [0.25, 0.3) is 11.3 Å². The van der Waals surface area contributed by atoms with Gasteiger partial charge in [-0.3, -0.25) is 9.59 Å². The molecule has 1 aliphatic carbocycles. The predicted octanol–water partition coefficient (Wildman–Crippen LogP) is 4.28. The molecule has 1 amide bonds. The summed E-state index contributed by atoms with van der Waals surface area (Å²) in [4.78, 5) is 25.1. The Balaban J connectivity index is 1.81. The third-order valence-corrected chi connectivity index (χ3v) is 4.78. The lowest BCUT2D eigenvalue weighted by Gasteiger charge is -2.09. The number of halogens is 3. The van der Waals surface area contributed by atoms with E-state index in [4.69, 9.17) is 0 Å². The average molecular weight is 369 g/mol. The van der Waals surface area contributed by atoms with Crippen molar-refractivity contribution in [3.63, 3.8) is 0 Å². The van der Waals surface area contributed by atoms with Crippen LogP contribution in [0.1, 0.15) is 28.7 Å². The summed E-state index contributed by atoms with van der Waals surface area (Å²) in [5, 5.41) is 2.65. The summed E-state index contributed by atoms with van der Waals surface area (Å²) < 4.78 is 38.3. The Kier molecular flexibility index (Phi) is 3.80. The minimum atomic E-state index is -4.44. The Morgan fingerprint density at radius 3 is 2.04 bits per heavy atom. The molecule has 136 valence electrons. The van der Waals surface area contributed by atoms with Gasteiger partial charge < -0.3 is 5.32 Å². The largest absolute Gasteiger partial charge is 0.416 e. The number of Topliss-reactive ketones (excluding diaryl/α,β-unsaturated/α-hetero) is 1. The van der Waals surface area contributed by atoms with E-state index in [1.807, 2.05) is 31.2 Å². The maximum atomic E-state index is 12.8. The summed E-state index contributed by atoms with van der Waals surface area (Å²) in [5.74, 6) is -0.616. The smallest absolute Gasteiger partial charge is 0.321 e. The van der Waals surface area contributed by atoms with E-state index in [0.717, 1.165) is 23.3 Å². The monoisotopic (exact) mass is 369 g/mol. The van der Waals surface area contributed by atoms with E-state index in [1.54, 1.807) is 0 Å². The fourth-order valence-corrected chi connectivity index (χ4v) is 3.42. The first kappa shape index (κ1) is 17.3. The quantitative estimate of drug-likeness (QED) is 0.859. The van der Waals surface area contributed by atoms with Crippen LogP contribution in [-0.2, 0) is 15.8 Å². The van der Waals surface area contributed by atoms with Crippen molar-refractivity contribution in [1.29, 1.82) is 0 Å². The SMILES string of the molecule is Cc1ccc(C2=C3C(=O)NC(c4ccc(C(F)(F)F)cc4)=C3C(=O)C2)cc1. The minimum absolute atomic E-state index is 0.102. The van der Waals surface area contributed by atoms with Gasteiger partial charge in [-0.05, 0) is 35.8 Å². The number of fused-ring (bicyclic) bond motifs is 1. The van der Waals surface area contributed by atoms with E-state index in [1.165, 1.54) is 12.1 Å². The van der Waals surface area contributed by atoms with Crippen molar-refractivity contribution >= 4 is 23.0 Å². The molecule has 6 heteroatoms. The van der Waals surface area contributed by atoms with Gasteiger partial charge in [0.2, 0.25) is 0 Å². The number of ketones is 1. The van der Waals surface area contributed by atoms with E-state index in [9.17, 15) is 22.8 Å². The van der Waals surface area contributed by atoms with Crippen LogP contribution in [0.15, 0.2) is 59.7 Å². The number of hydrogen-bond donors (Lipinski definition) is 1. The molecular formula is C21H14F3NO2. The molecule has 2 aromatic carbocycles. The first-order valence-electron chi connectivity index (χ1n) is 8.33. The number of benzene rings is 2. The molecule has 3 nitrogen and oxygen atoms in total. The number of hydrogen-bond acceptors (Lipinski definition) is 2. The third kappa shape index (κ3) is 2.87. The number of alkyl halides is 3. The highest BCUT2D eigenvalue weighted by Gasteiger charge is 2.40. The Morgan fingerprint density at radius 1 is 0.852 bits per heavy atom. The van der Waals surface area contributed by atoms with Crippen LogP contribution < -0.4 is 5.32 Å². The Hall–Kier alpha value is -3.15. The molecule has 1 heterocycles.